The lowest BCUT2D eigenvalue weighted by molar-refractivity contribution is -0.385. The zero-order valence-electron chi connectivity index (χ0n) is 17.9. The predicted molar refractivity (Wildman–Crippen MR) is 126 cm³/mol. The zero-order chi connectivity index (χ0) is 25.9. The second kappa shape index (κ2) is 10.5. The smallest absolute Gasteiger partial charge is 0.339 e. The van der Waals surface area contributed by atoms with Crippen LogP contribution in [-0.4, -0.2) is 56.1 Å². The molecule has 1 heterocycles. The Bertz CT molecular complexity index is 1370. The normalized spacial score (nSPS) is 14.8. The molecule has 0 spiro atoms. The molecule has 3 rings (SSSR count). The number of benzene rings is 2. The van der Waals surface area contributed by atoms with Gasteiger partial charge in [-0.15, -0.1) is 0 Å². The molecule has 0 aliphatic carbocycles. The summed E-state index contributed by atoms with van der Waals surface area (Å²) in [4.78, 5) is 46.6. The third kappa shape index (κ3) is 5.80. The highest BCUT2D eigenvalue weighted by Crippen LogP contribution is 2.40. The lowest BCUT2D eigenvalue weighted by atomic mass is 10.2. The van der Waals surface area contributed by atoms with E-state index in [0.717, 1.165) is 30.2 Å². The number of imide groups is 1. The van der Waals surface area contributed by atoms with Gasteiger partial charge in [0.25, 0.3) is 16.8 Å². The number of hydrogen-bond acceptors (Lipinski definition) is 11. The lowest BCUT2D eigenvalue weighted by Gasteiger charge is -2.13. The van der Waals surface area contributed by atoms with Gasteiger partial charge in [-0.2, -0.15) is 8.42 Å². The van der Waals surface area contributed by atoms with E-state index in [9.17, 15) is 32.9 Å². The number of thioether (sulfide) groups is 1. The van der Waals surface area contributed by atoms with Gasteiger partial charge in [-0.1, -0.05) is 6.07 Å². The molecule has 2 aromatic carbocycles. The average Bonchev–Trinajstić information content (AvgIpc) is 3.07. The van der Waals surface area contributed by atoms with Gasteiger partial charge in [0.2, 0.25) is 0 Å². The van der Waals surface area contributed by atoms with Crippen LogP contribution in [0.2, 0.25) is 0 Å². The Balaban J connectivity index is 1.92. The average molecular weight is 587 g/mol. The van der Waals surface area contributed by atoms with Gasteiger partial charge >= 0.3 is 16.1 Å². The van der Waals surface area contributed by atoms with Crippen molar-refractivity contribution < 1.29 is 41.4 Å². The first-order valence-corrected chi connectivity index (χ1v) is 12.4. The Hall–Kier alpha value is -3.43. The number of non-ortho nitro benzene ring substituents is 1. The van der Waals surface area contributed by atoms with E-state index in [1.54, 1.807) is 0 Å². The van der Waals surface area contributed by atoms with Crippen molar-refractivity contribution in [3.05, 3.63) is 61.5 Å². The molecule has 1 aliphatic heterocycles. The summed E-state index contributed by atoms with van der Waals surface area (Å²) in [6, 6.07) is 7.11. The van der Waals surface area contributed by atoms with Crippen LogP contribution in [-0.2, 0) is 24.4 Å². The van der Waals surface area contributed by atoms with Gasteiger partial charge in [0.15, 0.2) is 11.5 Å². The molecule has 1 fully saturated rings. The highest BCUT2D eigenvalue weighted by Gasteiger charge is 2.36. The predicted octanol–water partition coefficient (Wildman–Crippen LogP) is 3.34. The summed E-state index contributed by atoms with van der Waals surface area (Å²) in [6.07, 6.45) is 1.36. The zero-order valence-corrected chi connectivity index (χ0v) is 21.1. The highest BCUT2D eigenvalue weighted by molar-refractivity contribution is 9.10. The maximum Gasteiger partial charge on any atom is 0.339 e. The minimum atomic E-state index is -4.48. The van der Waals surface area contributed by atoms with E-state index < -0.39 is 49.3 Å². The molecule has 0 unspecified atom stereocenters. The van der Waals surface area contributed by atoms with Crippen LogP contribution >= 0.6 is 27.7 Å². The molecule has 0 bridgehead atoms. The lowest BCUT2D eigenvalue weighted by Crippen LogP contribution is -2.34. The van der Waals surface area contributed by atoms with E-state index in [0.29, 0.717) is 17.3 Å². The van der Waals surface area contributed by atoms with E-state index in [2.05, 4.69) is 20.7 Å². The quantitative estimate of drug-likeness (QED) is 0.147. The van der Waals surface area contributed by atoms with Crippen LogP contribution in [0.1, 0.15) is 5.56 Å². The Morgan fingerprint density at radius 3 is 2.57 bits per heavy atom. The van der Waals surface area contributed by atoms with Gasteiger partial charge in [0.05, 0.1) is 28.5 Å². The number of carbonyl (C=O) groups is 3. The number of esters is 1. The Morgan fingerprint density at radius 2 is 1.94 bits per heavy atom. The van der Waals surface area contributed by atoms with Crippen molar-refractivity contribution in [2.24, 2.45) is 0 Å². The molecule has 1 aliphatic rings. The molecule has 15 heteroatoms. The molecular formula is C20H15BrN2O10S2. The highest BCUT2D eigenvalue weighted by atomic mass is 79.9. The summed E-state index contributed by atoms with van der Waals surface area (Å²) >= 11 is 3.81. The number of ether oxygens (including phenoxy) is 2. The molecule has 0 saturated carbocycles. The second-order valence-corrected chi connectivity index (χ2v) is 10.1. The number of carbonyl (C=O) groups excluding carboxylic acids is 3. The number of hydrogen-bond donors (Lipinski definition) is 0. The first kappa shape index (κ1) is 26.2. The topological polar surface area (TPSA) is 159 Å². The maximum atomic E-state index is 12.7. The molecule has 0 radical (unpaired) electrons. The van der Waals surface area contributed by atoms with Crippen molar-refractivity contribution in [1.82, 2.24) is 4.90 Å². The van der Waals surface area contributed by atoms with Gasteiger partial charge in [-0.25, -0.2) is 0 Å². The molecule has 0 N–H and O–H groups in total. The van der Waals surface area contributed by atoms with E-state index in [4.69, 9.17) is 8.92 Å². The maximum absolute atomic E-state index is 12.7. The third-order valence-corrected chi connectivity index (χ3v) is 7.16. The largest absolute Gasteiger partial charge is 0.493 e. The Labute approximate surface area is 211 Å². The number of nitrogens with zero attached hydrogens (tertiary/aromatic N) is 2. The summed E-state index contributed by atoms with van der Waals surface area (Å²) in [7, 11) is -2.10. The Morgan fingerprint density at radius 1 is 1.23 bits per heavy atom. The summed E-state index contributed by atoms with van der Waals surface area (Å²) < 4.78 is 40.5. The van der Waals surface area contributed by atoms with Crippen LogP contribution in [0.5, 0.6) is 11.5 Å². The Kier molecular flexibility index (Phi) is 7.82. The van der Waals surface area contributed by atoms with Crippen molar-refractivity contribution in [2.45, 2.75) is 4.90 Å². The third-order valence-electron chi connectivity index (χ3n) is 4.45. The molecule has 0 aromatic heterocycles. The van der Waals surface area contributed by atoms with Gasteiger partial charge in [-0.05, 0) is 57.5 Å². The SMILES string of the molecule is COC(=O)CN1C(=O)S/C(=C\c2cc(Br)c(OS(=O)(=O)c3cccc([N+](=O)[O-])c3)c(OC)c2)C1=O. The first-order chi connectivity index (χ1) is 16.5. The fourth-order valence-electron chi connectivity index (χ4n) is 2.80. The van der Waals surface area contributed by atoms with Crippen LogP contribution < -0.4 is 8.92 Å². The molecule has 184 valence electrons. The number of nitro benzene ring substituents is 1. The van der Waals surface area contributed by atoms with Gasteiger partial charge in [0, 0.05) is 12.1 Å². The van der Waals surface area contributed by atoms with Crippen LogP contribution in [0.3, 0.4) is 0 Å². The fraction of sp³-hybridized carbons (Fsp3) is 0.150. The van der Waals surface area contributed by atoms with Crippen molar-refractivity contribution in [3.8, 4) is 11.5 Å². The van der Waals surface area contributed by atoms with Crippen LogP contribution in [0.15, 0.2) is 50.7 Å². The molecule has 0 atom stereocenters. The van der Waals surface area contributed by atoms with Crippen LogP contribution in [0.25, 0.3) is 6.08 Å². The number of amides is 2. The summed E-state index contributed by atoms with van der Waals surface area (Å²) in [5, 5.41) is 10.3. The number of rotatable bonds is 8. The molecule has 12 nitrogen and oxygen atoms in total. The van der Waals surface area contributed by atoms with Crippen molar-refractivity contribution in [2.75, 3.05) is 20.8 Å². The molecule has 35 heavy (non-hydrogen) atoms. The van der Waals surface area contributed by atoms with Crippen molar-refractivity contribution in [3.63, 3.8) is 0 Å². The van der Waals surface area contributed by atoms with Crippen LogP contribution in [0, 0.1) is 10.1 Å². The molecule has 2 amide bonds. The van der Waals surface area contributed by atoms with Crippen molar-refractivity contribution in [1.29, 1.82) is 0 Å². The summed E-state index contributed by atoms with van der Waals surface area (Å²) in [6.45, 7) is -0.534. The summed E-state index contributed by atoms with van der Waals surface area (Å²) in [5.74, 6) is -1.75. The number of halogens is 1. The van der Waals surface area contributed by atoms with Crippen LogP contribution in [0.4, 0.5) is 10.5 Å². The number of methoxy groups -OCH3 is 2. The van der Waals surface area contributed by atoms with Gasteiger partial charge in [-0.3, -0.25) is 29.4 Å². The van der Waals surface area contributed by atoms with Gasteiger partial charge < -0.3 is 13.7 Å². The van der Waals surface area contributed by atoms with Gasteiger partial charge in [0.1, 0.15) is 11.4 Å². The van der Waals surface area contributed by atoms with E-state index in [1.807, 2.05) is 0 Å². The second-order valence-electron chi connectivity index (χ2n) is 6.67. The van der Waals surface area contributed by atoms with E-state index in [-0.39, 0.29) is 20.9 Å². The fourth-order valence-corrected chi connectivity index (χ4v) is 5.28. The van der Waals surface area contributed by atoms with E-state index >= 15 is 0 Å². The molecular weight excluding hydrogens is 572 g/mol. The minimum Gasteiger partial charge on any atom is -0.493 e. The standard InChI is InChI=1S/C20H15BrN2O10S2/c1-31-15-7-11(8-16-19(25)22(20(26)34-16)10-17(24)32-2)6-14(21)18(15)33-35(29,30)13-5-3-4-12(9-13)23(27)28/h3-9H,10H2,1-2H3/b16-8-. The first-order valence-electron chi connectivity index (χ1n) is 9.35. The monoisotopic (exact) mass is 586 g/mol. The number of nitro groups is 1. The molecule has 1 saturated heterocycles. The van der Waals surface area contributed by atoms with E-state index in [1.165, 1.54) is 31.4 Å². The molecule has 2 aromatic rings. The summed E-state index contributed by atoms with van der Waals surface area (Å²) in [5.41, 5.74) is -0.0883. The minimum absolute atomic E-state index is 0.0192. The van der Waals surface area contributed by atoms with Crippen molar-refractivity contribution >= 4 is 66.7 Å².